The van der Waals surface area contributed by atoms with Crippen LogP contribution in [-0.4, -0.2) is 29.6 Å². The van der Waals surface area contributed by atoms with Crippen molar-refractivity contribution in [2.75, 3.05) is 6.54 Å². The van der Waals surface area contributed by atoms with Crippen molar-refractivity contribution in [3.05, 3.63) is 35.4 Å². The van der Waals surface area contributed by atoms with Gasteiger partial charge in [-0.1, -0.05) is 18.2 Å². The van der Waals surface area contributed by atoms with E-state index < -0.39 is 5.97 Å². The van der Waals surface area contributed by atoms with E-state index in [1.165, 1.54) is 0 Å². The lowest BCUT2D eigenvalue weighted by Gasteiger charge is -2.14. The maximum absolute atomic E-state index is 12.3. The third-order valence-electron chi connectivity index (χ3n) is 3.79. The first kappa shape index (κ1) is 14.5. The Kier molecular flexibility index (Phi) is 4.74. The monoisotopic (exact) mass is 276 g/mol. The third-order valence-corrected chi connectivity index (χ3v) is 3.79. The highest BCUT2D eigenvalue weighted by Crippen LogP contribution is 2.26. The molecule has 1 saturated carbocycles. The van der Waals surface area contributed by atoms with Gasteiger partial charge in [-0.2, -0.15) is 0 Å². The molecule has 0 saturated heterocycles. The summed E-state index contributed by atoms with van der Waals surface area (Å²) in [6.45, 7) is 0.495. The number of nitrogens with one attached hydrogen (secondary N) is 1. The van der Waals surface area contributed by atoms with Crippen molar-refractivity contribution in [1.82, 2.24) is 5.32 Å². The highest BCUT2D eigenvalue weighted by Gasteiger charge is 2.30. The fraction of sp³-hybridized carbons (Fsp3) is 0.467. The number of benzene rings is 1. The molecule has 1 aromatic carbocycles. The van der Waals surface area contributed by atoms with Crippen molar-refractivity contribution < 1.29 is 14.7 Å². The van der Waals surface area contributed by atoms with Gasteiger partial charge >= 0.3 is 5.97 Å². The molecular formula is C15H20N2O3. The molecule has 2 atom stereocenters. The molecular weight excluding hydrogens is 256 g/mol. The number of carbonyl (C=O) groups is 2. The molecule has 1 aliphatic rings. The summed E-state index contributed by atoms with van der Waals surface area (Å²) in [5.74, 6) is -1.24. The lowest BCUT2D eigenvalue weighted by Crippen LogP contribution is -2.34. The van der Waals surface area contributed by atoms with Gasteiger partial charge in [0.1, 0.15) is 0 Å². The van der Waals surface area contributed by atoms with Crippen LogP contribution in [0, 0.1) is 5.92 Å². The number of carboxylic acids is 1. The van der Waals surface area contributed by atoms with Crippen LogP contribution in [0.2, 0.25) is 0 Å². The van der Waals surface area contributed by atoms with Crippen LogP contribution >= 0.6 is 0 Å². The number of nitrogens with two attached hydrogens (primary N) is 1. The van der Waals surface area contributed by atoms with E-state index in [0.29, 0.717) is 31.4 Å². The molecule has 20 heavy (non-hydrogen) atoms. The van der Waals surface area contributed by atoms with Crippen LogP contribution < -0.4 is 11.1 Å². The number of hydrogen-bond acceptors (Lipinski definition) is 3. The third kappa shape index (κ3) is 3.36. The van der Waals surface area contributed by atoms with Gasteiger partial charge in [0.05, 0.1) is 5.92 Å². The molecule has 1 fully saturated rings. The molecule has 108 valence electrons. The Morgan fingerprint density at radius 3 is 2.70 bits per heavy atom. The standard InChI is InChI=1S/C15H20N2O3/c16-8-7-10-3-1-2-4-13(10)14(18)17-12-6-5-11(9-12)15(19)20/h1-4,11-12H,5-9,16H2,(H,17,18)(H,19,20). The van der Waals surface area contributed by atoms with Gasteiger partial charge in [-0.3, -0.25) is 9.59 Å². The van der Waals surface area contributed by atoms with Gasteiger partial charge in [0, 0.05) is 11.6 Å². The van der Waals surface area contributed by atoms with Gasteiger partial charge in [0.2, 0.25) is 0 Å². The Bertz CT molecular complexity index is 502. The van der Waals surface area contributed by atoms with Crippen molar-refractivity contribution >= 4 is 11.9 Å². The minimum absolute atomic E-state index is 0.0467. The summed E-state index contributed by atoms with van der Waals surface area (Å²) in [6, 6.07) is 7.34. The number of amides is 1. The topological polar surface area (TPSA) is 92.4 Å². The molecule has 4 N–H and O–H groups in total. The zero-order chi connectivity index (χ0) is 14.5. The predicted molar refractivity (Wildman–Crippen MR) is 75.4 cm³/mol. The number of hydrogen-bond donors (Lipinski definition) is 3. The van der Waals surface area contributed by atoms with Crippen molar-refractivity contribution in [2.24, 2.45) is 11.7 Å². The van der Waals surface area contributed by atoms with E-state index in [4.69, 9.17) is 10.8 Å². The molecule has 5 nitrogen and oxygen atoms in total. The van der Waals surface area contributed by atoms with Gasteiger partial charge in [-0.15, -0.1) is 0 Å². The van der Waals surface area contributed by atoms with Crippen molar-refractivity contribution in [3.8, 4) is 0 Å². The van der Waals surface area contributed by atoms with Gasteiger partial charge in [-0.05, 0) is 43.9 Å². The molecule has 0 aliphatic heterocycles. The molecule has 0 heterocycles. The average molecular weight is 276 g/mol. The fourth-order valence-corrected chi connectivity index (χ4v) is 2.72. The zero-order valence-corrected chi connectivity index (χ0v) is 11.3. The minimum atomic E-state index is -0.773. The van der Waals surface area contributed by atoms with E-state index in [0.717, 1.165) is 12.0 Å². The maximum atomic E-state index is 12.3. The molecule has 1 aliphatic carbocycles. The summed E-state index contributed by atoms with van der Waals surface area (Å²) in [7, 11) is 0. The van der Waals surface area contributed by atoms with Gasteiger partial charge in [0.15, 0.2) is 0 Å². The van der Waals surface area contributed by atoms with E-state index in [2.05, 4.69) is 5.32 Å². The second kappa shape index (κ2) is 6.52. The van der Waals surface area contributed by atoms with Gasteiger partial charge < -0.3 is 16.2 Å². The van der Waals surface area contributed by atoms with E-state index in [1.807, 2.05) is 18.2 Å². The van der Waals surface area contributed by atoms with Gasteiger partial charge in [-0.25, -0.2) is 0 Å². The lowest BCUT2D eigenvalue weighted by atomic mass is 10.0. The molecule has 1 amide bonds. The van der Waals surface area contributed by atoms with Crippen LogP contribution in [0.4, 0.5) is 0 Å². The van der Waals surface area contributed by atoms with Crippen LogP contribution in [0.15, 0.2) is 24.3 Å². The summed E-state index contributed by atoms with van der Waals surface area (Å²) in [6.07, 6.45) is 2.53. The Morgan fingerprint density at radius 1 is 1.30 bits per heavy atom. The lowest BCUT2D eigenvalue weighted by molar-refractivity contribution is -0.141. The summed E-state index contributed by atoms with van der Waals surface area (Å²) in [5.41, 5.74) is 7.11. The summed E-state index contributed by atoms with van der Waals surface area (Å²) < 4.78 is 0. The Labute approximate surface area is 118 Å². The van der Waals surface area contributed by atoms with E-state index in [9.17, 15) is 9.59 Å². The molecule has 0 aromatic heterocycles. The number of carbonyl (C=O) groups excluding carboxylic acids is 1. The summed E-state index contributed by atoms with van der Waals surface area (Å²) >= 11 is 0. The zero-order valence-electron chi connectivity index (χ0n) is 11.3. The normalized spacial score (nSPS) is 21.6. The van der Waals surface area contributed by atoms with Crippen LogP contribution in [0.1, 0.15) is 35.2 Å². The molecule has 2 unspecified atom stereocenters. The highest BCUT2D eigenvalue weighted by molar-refractivity contribution is 5.96. The van der Waals surface area contributed by atoms with Crippen LogP contribution in [0.25, 0.3) is 0 Å². The molecule has 5 heteroatoms. The van der Waals surface area contributed by atoms with E-state index in [1.54, 1.807) is 6.07 Å². The number of rotatable bonds is 5. The SMILES string of the molecule is NCCc1ccccc1C(=O)NC1CCC(C(=O)O)C1. The largest absolute Gasteiger partial charge is 0.481 e. The molecule has 0 bridgehead atoms. The van der Waals surface area contributed by atoms with Crippen LogP contribution in [0.3, 0.4) is 0 Å². The Hall–Kier alpha value is -1.88. The highest BCUT2D eigenvalue weighted by atomic mass is 16.4. The minimum Gasteiger partial charge on any atom is -0.481 e. The second-order valence-electron chi connectivity index (χ2n) is 5.21. The van der Waals surface area contributed by atoms with Gasteiger partial charge in [0.25, 0.3) is 5.91 Å². The second-order valence-corrected chi connectivity index (χ2v) is 5.21. The molecule has 1 aromatic rings. The van der Waals surface area contributed by atoms with Crippen LogP contribution in [-0.2, 0) is 11.2 Å². The first-order valence-electron chi connectivity index (χ1n) is 6.93. The summed E-state index contributed by atoms with van der Waals surface area (Å²) in [5, 5.41) is 11.9. The van der Waals surface area contributed by atoms with Crippen molar-refractivity contribution in [1.29, 1.82) is 0 Å². The Balaban J connectivity index is 2.01. The summed E-state index contributed by atoms with van der Waals surface area (Å²) in [4.78, 5) is 23.2. The first-order valence-corrected chi connectivity index (χ1v) is 6.93. The molecule has 0 spiro atoms. The predicted octanol–water partition coefficient (Wildman–Crippen LogP) is 1.17. The number of carboxylic acid groups (broad SMARTS) is 1. The quantitative estimate of drug-likeness (QED) is 0.752. The van der Waals surface area contributed by atoms with Crippen LogP contribution in [0.5, 0.6) is 0 Å². The molecule has 0 radical (unpaired) electrons. The smallest absolute Gasteiger partial charge is 0.306 e. The maximum Gasteiger partial charge on any atom is 0.306 e. The molecule has 2 rings (SSSR count). The average Bonchev–Trinajstić information content (AvgIpc) is 2.88. The van der Waals surface area contributed by atoms with E-state index in [-0.39, 0.29) is 17.9 Å². The first-order chi connectivity index (χ1) is 9.61. The fourth-order valence-electron chi connectivity index (χ4n) is 2.72. The number of aliphatic carboxylic acids is 1. The Morgan fingerprint density at radius 2 is 2.05 bits per heavy atom. The van der Waals surface area contributed by atoms with E-state index >= 15 is 0 Å². The van der Waals surface area contributed by atoms with Crippen molar-refractivity contribution in [2.45, 2.75) is 31.7 Å². The van der Waals surface area contributed by atoms with Crippen molar-refractivity contribution in [3.63, 3.8) is 0 Å².